The van der Waals surface area contributed by atoms with E-state index in [2.05, 4.69) is 5.32 Å². The van der Waals surface area contributed by atoms with Crippen LogP contribution in [0.25, 0.3) is 0 Å². The standard InChI is InChI=1S/C10H21NO2/c1-11-10(7-12-2)8-13-6-5-9-3-4-9/h9-11H,3-8H2,1-2H3. The van der Waals surface area contributed by atoms with Gasteiger partial charge in [-0.1, -0.05) is 12.8 Å². The zero-order valence-electron chi connectivity index (χ0n) is 8.71. The van der Waals surface area contributed by atoms with Gasteiger partial charge in [0.05, 0.1) is 19.3 Å². The zero-order chi connectivity index (χ0) is 9.52. The highest BCUT2D eigenvalue weighted by molar-refractivity contribution is 4.72. The van der Waals surface area contributed by atoms with Crippen LogP contribution in [0.3, 0.4) is 0 Å². The quantitative estimate of drug-likeness (QED) is 0.576. The average molecular weight is 187 g/mol. The molecule has 1 fully saturated rings. The highest BCUT2D eigenvalue weighted by atomic mass is 16.5. The van der Waals surface area contributed by atoms with E-state index in [1.165, 1.54) is 19.3 Å². The first kappa shape index (κ1) is 11.0. The van der Waals surface area contributed by atoms with E-state index in [9.17, 15) is 0 Å². The second-order valence-electron chi connectivity index (χ2n) is 3.75. The Bertz CT molecular complexity index is 126. The molecule has 1 unspecified atom stereocenters. The Hall–Kier alpha value is -0.120. The van der Waals surface area contributed by atoms with Crippen molar-refractivity contribution in [1.29, 1.82) is 0 Å². The van der Waals surface area contributed by atoms with Gasteiger partial charge in [-0.3, -0.25) is 0 Å². The molecule has 78 valence electrons. The normalized spacial score (nSPS) is 18.9. The van der Waals surface area contributed by atoms with Crippen molar-refractivity contribution in [3.8, 4) is 0 Å². The maximum Gasteiger partial charge on any atom is 0.0642 e. The first-order chi connectivity index (χ1) is 6.36. The lowest BCUT2D eigenvalue weighted by Gasteiger charge is -2.14. The molecule has 1 atom stereocenters. The Kier molecular flexibility index (Phi) is 5.35. The summed E-state index contributed by atoms with van der Waals surface area (Å²) in [5, 5.41) is 3.16. The van der Waals surface area contributed by atoms with E-state index in [0.29, 0.717) is 6.04 Å². The summed E-state index contributed by atoms with van der Waals surface area (Å²) in [4.78, 5) is 0. The molecule has 0 aromatic heterocycles. The topological polar surface area (TPSA) is 30.5 Å². The summed E-state index contributed by atoms with van der Waals surface area (Å²) in [6, 6.07) is 0.337. The van der Waals surface area contributed by atoms with Gasteiger partial charge in [-0.25, -0.2) is 0 Å². The summed E-state index contributed by atoms with van der Waals surface area (Å²) < 4.78 is 10.6. The van der Waals surface area contributed by atoms with Crippen LogP contribution in [0.15, 0.2) is 0 Å². The van der Waals surface area contributed by atoms with Gasteiger partial charge in [0.2, 0.25) is 0 Å². The van der Waals surface area contributed by atoms with Crippen molar-refractivity contribution in [3.63, 3.8) is 0 Å². The van der Waals surface area contributed by atoms with Gasteiger partial charge in [0.1, 0.15) is 0 Å². The number of methoxy groups -OCH3 is 1. The number of hydrogen-bond donors (Lipinski definition) is 1. The van der Waals surface area contributed by atoms with Gasteiger partial charge in [-0.2, -0.15) is 0 Å². The van der Waals surface area contributed by atoms with Crippen LogP contribution < -0.4 is 5.32 Å². The average Bonchev–Trinajstić information content (AvgIpc) is 2.94. The smallest absolute Gasteiger partial charge is 0.0642 e. The van der Waals surface area contributed by atoms with Gasteiger partial charge in [-0.05, 0) is 19.4 Å². The van der Waals surface area contributed by atoms with Crippen LogP contribution in [0.2, 0.25) is 0 Å². The molecule has 0 heterocycles. The number of nitrogens with one attached hydrogen (secondary N) is 1. The third-order valence-corrected chi connectivity index (χ3v) is 2.46. The Balaban J connectivity index is 1.88. The Labute approximate surface area is 80.8 Å². The van der Waals surface area contributed by atoms with E-state index in [4.69, 9.17) is 9.47 Å². The van der Waals surface area contributed by atoms with Crippen molar-refractivity contribution in [1.82, 2.24) is 5.32 Å². The second-order valence-corrected chi connectivity index (χ2v) is 3.75. The van der Waals surface area contributed by atoms with Gasteiger partial charge in [-0.15, -0.1) is 0 Å². The van der Waals surface area contributed by atoms with Crippen molar-refractivity contribution in [3.05, 3.63) is 0 Å². The minimum Gasteiger partial charge on any atom is -0.383 e. The fourth-order valence-electron chi connectivity index (χ4n) is 1.30. The molecule has 1 rings (SSSR count). The van der Waals surface area contributed by atoms with Crippen molar-refractivity contribution in [2.24, 2.45) is 5.92 Å². The number of rotatable bonds is 8. The highest BCUT2D eigenvalue weighted by Gasteiger charge is 2.20. The fourth-order valence-corrected chi connectivity index (χ4v) is 1.30. The maximum absolute atomic E-state index is 5.55. The molecule has 0 aliphatic heterocycles. The number of hydrogen-bond acceptors (Lipinski definition) is 3. The molecule has 0 spiro atoms. The minimum absolute atomic E-state index is 0.337. The van der Waals surface area contributed by atoms with Crippen molar-refractivity contribution in [2.45, 2.75) is 25.3 Å². The lowest BCUT2D eigenvalue weighted by Crippen LogP contribution is -2.34. The predicted molar refractivity (Wildman–Crippen MR) is 52.9 cm³/mol. The van der Waals surface area contributed by atoms with E-state index in [1.807, 2.05) is 7.05 Å². The molecule has 0 radical (unpaired) electrons. The molecular formula is C10H21NO2. The third kappa shape index (κ3) is 5.24. The fraction of sp³-hybridized carbons (Fsp3) is 1.00. The highest BCUT2D eigenvalue weighted by Crippen LogP contribution is 2.31. The first-order valence-electron chi connectivity index (χ1n) is 5.10. The molecule has 1 saturated carbocycles. The maximum atomic E-state index is 5.55. The van der Waals surface area contributed by atoms with Gasteiger partial charge in [0.15, 0.2) is 0 Å². The van der Waals surface area contributed by atoms with Crippen LogP contribution in [-0.4, -0.2) is 40.0 Å². The summed E-state index contributed by atoms with van der Waals surface area (Å²) in [5.74, 6) is 0.968. The summed E-state index contributed by atoms with van der Waals surface area (Å²) >= 11 is 0. The molecule has 1 aliphatic carbocycles. The van der Waals surface area contributed by atoms with Gasteiger partial charge < -0.3 is 14.8 Å². The van der Waals surface area contributed by atoms with Crippen molar-refractivity contribution in [2.75, 3.05) is 34.0 Å². The Morgan fingerprint density at radius 2 is 2.15 bits per heavy atom. The van der Waals surface area contributed by atoms with Crippen LogP contribution in [0.4, 0.5) is 0 Å². The van der Waals surface area contributed by atoms with Gasteiger partial charge in [0, 0.05) is 13.7 Å². The molecule has 0 saturated heterocycles. The largest absolute Gasteiger partial charge is 0.383 e. The van der Waals surface area contributed by atoms with E-state index in [1.54, 1.807) is 7.11 Å². The summed E-state index contributed by atoms with van der Waals surface area (Å²) in [5.41, 5.74) is 0. The van der Waals surface area contributed by atoms with Crippen molar-refractivity contribution < 1.29 is 9.47 Å². The molecule has 0 aromatic carbocycles. The number of likely N-dealkylation sites (N-methyl/N-ethyl adjacent to an activating group) is 1. The summed E-state index contributed by atoms with van der Waals surface area (Å²) in [6.07, 6.45) is 4.07. The third-order valence-electron chi connectivity index (χ3n) is 2.46. The molecule has 1 N–H and O–H groups in total. The molecule has 0 amide bonds. The van der Waals surface area contributed by atoms with Gasteiger partial charge in [0.25, 0.3) is 0 Å². The molecule has 1 aliphatic rings. The van der Waals surface area contributed by atoms with Crippen molar-refractivity contribution >= 4 is 0 Å². The lowest BCUT2D eigenvalue weighted by atomic mass is 10.3. The number of ether oxygens (including phenoxy) is 2. The summed E-state index contributed by atoms with van der Waals surface area (Å²) in [6.45, 7) is 2.39. The second kappa shape index (κ2) is 6.35. The lowest BCUT2D eigenvalue weighted by molar-refractivity contribution is 0.0740. The monoisotopic (exact) mass is 187 g/mol. The molecule has 3 heteroatoms. The van der Waals surface area contributed by atoms with E-state index < -0.39 is 0 Å². The molecule has 13 heavy (non-hydrogen) atoms. The minimum atomic E-state index is 0.337. The van der Waals surface area contributed by atoms with Crippen LogP contribution in [0.1, 0.15) is 19.3 Å². The molecular weight excluding hydrogens is 166 g/mol. The van der Waals surface area contributed by atoms with Crippen LogP contribution in [-0.2, 0) is 9.47 Å². The Morgan fingerprint density at radius 1 is 1.38 bits per heavy atom. The summed E-state index contributed by atoms with van der Waals surface area (Å²) in [7, 11) is 3.66. The zero-order valence-corrected chi connectivity index (χ0v) is 8.71. The first-order valence-corrected chi connectivity index (χ1v) is 5.10. The van der Waals surface area contributed by atoms with Crippen LogP contribution in [0, 0.1) is 5.92 Å². The van der Waals surface area contributed by atoms with E-state index in [-0.39, 0.29) is 0 Å². The van der Waals surface area contributed by atoms with Crippen LogP contribution in [0.5, 0.6) is 0 Å². The van der Waals surface area contributed by atoms with Crippen LogP contribution >= 0.6 is 0 Å². The van der Waals surface area contributed by atoms with E-state index >= 15 is 0 Å². The van der Waals surface area contributed by atoms with Gasteiger partial charge >= 0.3 is 0 Å². The SMILES string of the molecule is CNC(COC)COCCC1CC1. The molecule has 0 aromatic rings. The predicted octanol–water partition coefficient (Wildman–Crippen LogP) is 1.04. The molecule has 0 bridgehead atoms. The van der Waals surface area contributed by atoms with E-state index in [0.717, 1.165) is 25.7 Å². The molecule has 3 nitrogen and oxygen atoms in total. The Morgan fingerprint density at radius 3 is 2.69 bits per heavy atom.